The van der Waals surface area contributed by atoms with Crippen molar-refractivity contribution in [2.24, 2.45) is 0 Å². The maximum Gasteiger partial charge on any atom is 0.264 e. The molecule has 0 unspecified atom stereocenters. The van der Waals surface area contributed by atoms with Crippen LogP contribution < -0.4 is 4.72 Å². The van der Waals surface area contributed by atoms with Crippen molar-refractivity contribution in [1.29, 1.82) is 0 Å². The van der Waals surface area contributed by atoms with Crippen LogP contribution in [0.15, 0.2) is 65.7 Å². The molecule has 0 atom stereocenters. The Morgan fingerprint density at radius 1 is 0.952 bits per heavy atom. The number of hydrogen-bond donors (Lipinski definition) is 1. The predicted octanol–water partition coefficient (Wildman–Crippen LogP) is 3.64. The number of aromatic nitrogens is 1. The Morgan fingerprint density at radius 3 is 2.43 bits per heavy atom. The summed E-state index contributed by atoms with van der Waals surface area (Å²) in [7, 11) is -3.67. The molecule has 3 aromatic rings. The Hall–Kier alpha value is -1.67. The average Bonchev–Trinajstić information content (AvgIpc) is 2.49. The van der Waals surface area contributed by atoms with Crippen LogP contribution in [0.3, 0.4) is 0 Å². The molecule has 1 N–H and O–H groups in total. The fourth-order valence-corrected chi connectivity index (χ4v) is 3.62. The van der Waals surface area contributed by atoms with Gasteiger partial charge in [-0.1, -0.05) is 18.2 Å². The van der Waals surface area contributed by atoms with Crippen LogP contribution in [0.25, 0.3) is 10.9 Å². The van der Waals surface area contributed by atoms with Gasteiger partial charge in [-0.15, -0.1) is 0 Å². The molecule has 0 aliphatic heterocycles. The molecular weight excluding hydrogens is 399 g/mol. The predicted molar refractivity (Wildman–Crippen MR) is 91.7 cm³/mol. The molecule has 21 heavy (non-hydrogen) atoms. The van der Waals surface area contributed by atoms with E-state index in [1.54, 1.807) is 36.5 Å². The first-order chi connectivity index (χ1) is 10.1. The van der Waals surface area contributed by atoms with Gasteiger partial charge in [-0.25, -0.2) is 8.42 Å². The maximum atomic E-state index is 12.5. The molecule has 0 spiro atoms. The quantitative estimate of drug-likeness (QED) is 0.671. The van der Waals surface area contributed by atoms with Gasteiger partial charge in [0.2, 0.25) is 0 Å². The van der Waals surface area contributed by atoms with E-state index in [1.165, 1.54) is 0 Å². The Morgan fingerprint density at radius 2 is 1.67 bits per heavy atom. The number of fused-ring (bicyclic) bond motifs is 1. The van der Waals surface area contributed by atoms with Crippen LogP contribution in [-0.2, 0) is 10.0 Å². The van der Waals surface area contributed by atoms with Crippen molar-refractivity contribution in [3.63, 3.8) is 0 Å². The normalized spacial score (nSPS) is 11.5. The van der Waals surface area contributed by atoms with E-state index in [9.17, 15) is 8.42 Å². The molecule has 0 aliphatic carbocycles. The highest BCUT2D eigenvalue weighted by atomic mass is 127. The van der Waals surface area contributed by atoms with Crippen LogP contribution in [0.2, 0.25) is 0 Å². The SMILES string of the molecule is O=S(=O)(Nc1ccc(I)cc1)c1cccc2cccnc12. The topological polar surface area (TPSA) is 59.1 Å². The maximum absolute atomic E-state index is 12.5. The van der Waals surface area contributed by atoms with Crippen molar-refractivity contribution >= 4 is 49.2 Å². The Kier molecular flexibility index (Phi) is 3.81. The second-order valence-electron chi connectivity index (χ2n) is 4.44. The number of halogens is 1. The Labute approximate surface area is 136 Å². The molecule has 0 radical (unpaired) electrons. The van der Waals surface area contributed by atoms with Crippen molar-refractivity contribution in [3.05, 3.63) is 64.4 Å². The smallest absolute Gasteiger partial charge is 0.264 e. The summed E-state index contributed by atoms with van der Waals surface area (Å²) in [4.78, 5) is 4.36. The van der Waals surface area contributed by atoms with E-state index in [4.69, 9.17) is 0 Å². The molecule has 3 rings (SSSR count). The second kappa shape index (κ2) is 5.61. The summed E-state index contributed by atoms with van der Waals surface area (Å²) in [6, 6.07) is 15.9. The summed E-state index contributed by atoms with van der Waals surface area (Å²) >= 11 is 2.17. The summed E-state index contributed by atoms with van der Waals surface area (Å²) in [5.74, 6) is 0. The largest absolute Gasteiger partial charge is 0.280 e. The van der Waals surface area contributed by atoms with Gasteiger partial charge < -0.3 is 0 Å². The molecular formula is C15H11IN2O2S. The molecule has 6 heteroatoms. The summed E-state index contributed by atoms with van der Waals surface area (Å²) in [6.07, 6.45) is 1.59. The minimum absolute atomic E-state index is 0.180. The van der Waals surface area contributed by atoms with Gasteiger partial charge in [-0.2, -0.15) is 0 Å². The van der Waals surface area contributed by atoms with Crippen molar-refractivity contribution < 1.29 is 8.42 Å². The summed E-state index contributed by atoms with van der Waals surface area (Å²) in [6.45, 7) is 0. The van der Waals surface area contributed by atoms with Gasteiger partial charge in [-0.3, -0.25) is 9.71 Å². The highest BCUT2D eigenvalue weighted by Crippen LogP contribution is 2.23. The van der Waals surface area contributed by atoms with Gasteiger partial charge in [0.15, 0.2) is 0 Å². The number of benzene rings is 2. The molecule has 0 saturated heterocycles. The third-order valence-corrected chi connectivity index (χ3v) is 5.11. The zero-order chi connectivity index (χ0) is 14.9. The van der Waals surface area contributed by atoms with E-state index in [0.29, 0.717) is 11.2 Å². The molecule has 0 saturated carbocycles. The number of hydrogen-bond acceptors (Lipinski definition) is 3. The minimum Gasteiger partial charge on any atom is -0.280 e. The molecule has 0 amide bonds. The van der Waals surface area contributed by atoms with Crippen molar-refractivity contribution in [2.45, 2.75) is 4.90 Å². The molecule has 0 bridgehead atoms. The van der Waals surface area contributed by atoms with Crippen LogP contribution in [0, 0.1) is 3.57 Å². The number of para-hydroxylation sites is 1. The number of pyridine rings is 1. The lowest BCUT2D eigenvalue weighted by Crippen LogP contribution is -2.13. The van der Waals surface area contributed by atoms with Crippen molar-refractivity contribution in [3.8, 4) is 0 Å². The van der Waals surface area contributed by atoms with Crippen LogP contribution >= 0.6 is 22.6 Å². The van der Waals surface area contributed by atoms with E-state index in [0.717, 1.165) is 8.96 Å². The van der Waals surface area contributed by atoms with E-state index in [1.807, 2.05) is 24.3 Å². The monoisotopic (exact) mass is 410 g/mol. The third kappa shape index (κ3) is 3.01. The minimum atomic E-state index is -3.67. The van der Waals surface area contributed by atoms with Crippen LogP contribution in [-0.4, -0.2) is 13.4 Å². The molecule has 4 nitrogen and oxygen atoms in total. The van der Waals surface area contributed by atoms with Gasteiger partial charge in [0, 0.05) is 20.8 Å². The highest BCUT2D eigenvalue weighted by Gasteiger charge is 2.18. The zero-order valence-electron chi connectivity index (χ0n) is 10.8. The van der Waals surface area contributed by atoms with Gasteiger partial charge >= 0.3 is 0 Å². The van der Waals surface area contributed by atoms with Crippen LogP contribution in [0.1, 0.15) is 0 Å². The molecule has 106 valence electrons. The summed E-state index contributed by atoms with van der Waals surface area (Å²) in [5, 5.41) is 0.794. The van der Waals surface area contributed by atoms with Crippen LogP contribution in [0.4, 0.5) is 5.69 Å². The molecule has 1 heterocycles. The third-order valence-electron chi connectivity index (χ3n) is 2.98. The molecule has 2 aromatic carbocycles. The molecule has 0 fully saturated rings. The fraction of sp³-hybridized carbons (Fsp3) is 0. The van der Waals surface area contributed by atoms with Gasteiger partial charge in [-0.05, 0) is 59.0 Å². The average molecular weight is 410 g/mol. The number of rotatable bonds is 3. The van der Waals surface area contributed by atoms with Crippen molar-refractivity contribution in [2.75, 3.05) is 4.72 Å². The fourth-order valence-electron chi connectivity index (χ4n) is 2.02. The second-order valence-corrected chi connectivity index (χ2v) is 7.34. The number of sulfonamides is 1. The summed E-state index contributed by atoms with van der Waals surface area (Å²) < 4.78 is 28.7. The van der Waals surface area contributed by atoms with Crippen molar-refractivity contribution in [1.82, 2.24) is 4.98 Å². The van der Waals surface area contributed by atoms with Gasteiger partial charge in [0.25, 0.3) is 10.0 Å². The first kappa shape index (κ1) is 14.3. The number of nitrogens with zero attached hydrogens (tertiary/aromatic N) is 1. The first-order valence-corrected chi connectivity index (χ1v) is 8.75. The summed E-state index contributed by atoms with van der Waals surface area (Å²) in [5.41, 5.74) is 1.00. The number of anilines is 1. The van der Waals surface area contributed by atoms with Gasteiger partial charge in [0.05, 0.1) is 5.52 Å². The Balaban J connectivity index is 2.06. The Bertz CT molecular complexity index is 888. The lowest BCUT2D eigenvalue weighted by molar-refractivity contribution is 0.602. The molecule has 0 aliphatic rings. The first-order valence-electron chi connectivity index (χ1n) is 6.18. The van der Waals surface area contributed by atoms with Gasteiger partial charge in [0.1, 0.15) is 4.90 Å². The standard InChI is InChI=1S/C15H11IN2O2S/c16-12-6-8-13(9-7-12)18-21(19,20)14-5-1-3-11-4-2-10-17-15(11)14/h1-10,18H. The van der Waals surface area contributed by atoms with E-state index in [-0.39, 0.29) is 4.90 Å². The van der Waals surface area contributed by atoms with E-state index < -0.39 is 10.0 Å². The highest BCUT2D eigenvalue weighted by molar-refractivity contribution is 14.1. The van der Waals surface area contributed by atoms with E-state index >= 15 is 0 Å². The number of nitrogens with one attached hydrogen (secondary N) is 1. The molecule has 1 aromatic heterocycles. The lowest BCUT2D eigenvalue weighted by atomic mass is 10.2. The van der Waals surface area contributed by atoms with Crippen LogP contribution in [0.5, 0.6) is 0 Å². The zero-order valence-corrected chi connectivity index (χ0v) is 13.8. The van der Waals surface area contributed by atoms with E-state index in [2.05, 4.69) is 32.3 Å². The lowest BCUT2D eigenvalue weighted by Gasteiger charge is -2.10.